The van der Waals surface area contributed by atoms with E-state index in [-0.39, 0.29) is 10.0 Å². The quantitative estimate of drug-likeness (QED) is 0.250. The van der Waals surface area contributed by atoms with Gasteiger partial charge in [-0.05, 0) is 55.0 Å². The highest BCUT2D eigenvalue weighted by Crippen LogP contribution is 2.16. The molecule has 6 N–H and O–H groups in total. The Morgan fingerprint density at radius 3 is 2.25 bits per heavy atom. The number of benzene rings is 2. The summed E-state index contributed by atoms with van der Waals surface area (Å²) in [6, 6.07) is 13.2. The summed E-state index contributed by atoms with van der Waals surface area (Å²) in [4.78, 5) is 11.8. The van der Waals surface area contributed by atoms with Crippen molar-refractivity contribution < 1.29 is 13.2 Å². The molecule has 0 unspecified atom stereocenters. The third-order valence-corrected chi connectivity index (χ3v) is 4.90. The molecule has 0 aliphatic rings. The Bertz CT molecular complexity index is 1020. The lowest BCUT2D eigenvalue weighted by atomic mass is 10.1. The molecule has 0 aromatic heterocycles. The lowest BCUT2D eigenvalue weighted by molar-refractivity contribution is -0.115. The molecule has 0 fully saturated rings. The number of hydrogen-bond donors (Lipinski definition) is 4. The number of rotatable bonds is 5. The van der Waals surface area contributed by atoms with Gasteiger partial charge >= 0.3 is 0 Å². The number of hydrogen-bond acceptors (Lipinski definition) is 4. The van der Waals surface area contributed by atoms with E-state index in [0.717, 1.165) is 11.1 Å². The first kappa shape index (κ1) is 21.1. The molecule has 0 bridgehead atoms. The molecule has 28 heavy (non-hydrogen) atoms. The number of sulfonamides is 1. The minimum absolute atomic E-state index is 0.0680. The molecular formula is C18H19N5O3S2. The third-order valence-electron chi connectivity index (χ3n) is 3.38. The van der Waals surface area contributed by atoms with E-state index in [1.165, 1.54) is 30.3 Å². The van der Waals surface area contributed by atoms with Crippen LogP contribution in [-0.2, 0) is 14.8 Å². The molecule has 2 aromatic carbocycles. The molecule has 0 aliphatic heterocycles. The van der Waals surface area contributed by atoms with Crippen molar-refractivity contribution in [1.82, 2.24) is 5.32 Å². The maximum Gasteiger partial charge on any atom is 0.285 e. The van der Waals surface area contributed by atoms with Crippen molar-refractivity contribution in [2.75, 3.05) is 5.32 Å². The molecular weight excluding hydrogens is 398 g/mol. The minimum atomic E-state index is -3.96. The summed E-state index contributed by atoms with van der Waals surface area (Å²) in [6.07, 6.45) is 3.03. The summed E-state index contributed by atoms with van der Waals surface area (Å²) in [5, 5.41) is 5.35. The van der Waals surface area contributed by atoms with Gasteiger partial charge in [-0.15, -0.1) is 4.40 Å². The summed E-state index contributed by atoms with van der Waals surface area (Å²) in [5.74, 6) is -0.949. The highest BCUT2D eigenvalue weighted by atomic mass is 32.2. The fraction of sp³-hybridized carbons (Fsp3) is 0.0556. The van der Waals surface area contributed by atoms with Crippen LogP contribution in [0.1, 0.15) is 11.1 Å². The minimum Gasteiger partial charge on any atom is -0.369 e. The number of nitrogens with zero attached hydrogens (tertiary/aromatic N) is 1. The molecule has 10 heteroatoms. The van der Waals surface area contributed by atoms with Gasteiger partial charge in [0.05, 0.1) is 4.90 Å². The van der Waals surface area contributed by atoms with Crippen molar-refractivity contribution in [2.24, 2.45) is 15.9 Å². The van der Waals surface area contributed by atoms with E-state index in [1.54, 1.807) is 6.08 Å². The van der Waals surface area contributed by atoms with Gasteiger partial charge in [0.1, 0.15) is 0 Å². The van der Waals surface area contributed by atoms with Gasteiger partial charge in [-0.2, -0.15) is 8.42 Å². The molecule has 2 rings (SSSR count). The number of nitrogens with one attached hydrogen (secondary N) is 2. The average molecular weight is 418 g/mol. The van der Waals surface area contributed by atoms with Crippen molar-refractivity contribution in [3.05, 3.63) is 65.7 Å². The molecule has 1 amide bonds. The van der Waals surface area contributed by atoms with Crippen LogP contribution in [0.5, 0.6) is 0 Å². The molecule has 0 atom stereocenters. The first-order valence-electron chi connectivity index (χ1n) is 7.98. The molecule has 0 heterocycles. The number of thiocarbonyl (C=S) groups is 1. The average Bonchev–Trinajstić information content (AvgIpc) is 2.60. The summed E-state index contributed by atoms with van der Waals surface area (Å²) < 4.78 is 26.9. The summed E-state index contributed by atoms with van der Waals surface area (Å²) in [5.41, 5.74) is 12.7. The van der Waals surface area contributed by atoms with E-state index in [9.17, 15) is 13.2 Å². The van der Waals surface area contributed by atoms with Gasteiger partial charge in [0.2, 0.25) is 11.9 Å². The molecule has 0 aliphatic carbocycles. The van der Waals surface area contributed by atoms with Crippen molar-refractivity contribution >= 4 is 51.0 Å². The van der Waals surface area contributed by atoms with Crippen molar-refractivity contribution in [1.29, 1.82) is 0 Å². The van der Waals surface area contributed by atoms with Crippen LogP contribution in [0.25, 0.3) is 6.08 Å². The second-order valence-electron chi connectivity index (χ2n) is 5.70. The normalized spacial score (nSPS) is 11.0. The smallest absolute Gasteiger partial charge is 0.285 e. The van der Waals surface area contributed by atoms with Crippen molar-refractivity contribution in [3.8, 4) is 0 Å². The number of carbonyl (C=O) groups is 1. The van der Waals surface area contributed by atoms with Crippen LogP contribution in [0.2, 0.25) is 0 Å². The van der Waals surface area contributed by atoms with Crippen LogP contribution in [0.4, 0.5) is 5.69 Å². The lowest BCUT2D eigenvalue weighted by Crippen LogP contribution is -2.32. The first-order chi connectivity index (χ1) is 13.2. The maximum atomic E-state index is 11.9. The molecule has 2 aromatic rings. The van der Waals surface area contributed by atoms with E-state index in [1.807, 2.05) is 31.2 Å². The van der Waals surface area contributed by atoms with E-state index in [0.29, 0.717) is 5.69 Å². The predicted octanol–water partition coefficient (Wildman–Crippen LogP) is 1.48. The highest BCUT2D eigenvalue weighted by molar-refractivity contribution is 7.90. The van der Waals surface area contributed by atoms with Gasteiger partial charge in [0.15, 0.2) is 5.11 Å². The van der Waals surface area contributed by atoms with E-state index >= 15 is 0 Å². The van der Waals surface area contributed by atoms with E-state index in [2.05, 4.69) is 15.0 Å². The van der Waals surface area contributed by atoms with Gasteiger partial charge in [0.25, 0.3) is 10.0 Å². The Labute approximate surface area is 168 Å². The Morgan fingerprint density at radius 1 is 1.07 bits per heavy atom. The highest BCUT2D eigenvalue weighted by Gasteiger charge is 2.13. The Balaban J connectivity index is 1.94. The lowest BCUT2D eigenvalue weighted by Gasteiger charge is -2.08. The first-order valence-corrected chi connectivity index (χ1v) is 9.83. The molecule has 0 saturated carbocycles. The number of nitrogens with two attached hydrogens (primary N) is 2. The summed E-state index contributed by atoms with van der Waals surface area (Å²) in [7, 11) is -3.96. The Morgan fingerprint density at radius 2 is 1.68 bits per heavy atom. The second kappa shape index (κ2) is 9.11. The zero-order valence-corrected chi connectivity index (χ0v) is 16.5. The van der Waals surface area contributed by atoms with Crippen LogP contribution < -0.4 is 22.1 Å². The van der Waals surface area contributed by atoms with Gasteiger partial charge in [0, 0.05) is 11.8 Å². The van der Waals surface area contributed by atoms with Gasteiger partial charge in [-0.25, -0.2) is 0 Å². The van der Waals surface area contributed by atoms with Gasteiger partial charge in [-0.1, -0.05) is 29.8 Å². The van der Waals surface area contributed by atoms with Crippen LogP contribution in [0, 0.1) is 6.92 Å². The topological polar surface area (TPSA) is 140 Å². The predicted molar refractivity (Wildman–Crippen MR) is 114 cm³/mol. The zero-order chi connectivity index (χ0) is 20.7. The largest absolute Gasteiger partial charge is 0.369 e. The summed E-state index contributed by atoms with van der Waals surface area (Å²) in [6.45, 7) is 1.98. The summed E-state index contributed by atoms with van der Waals surface area (Å²) >= 11 is 5.07. The molecule has 0 radical (unpaired) electrons. The number of amides is 1. The van der Waals surface area contributed by atoms with Crippen LogP contribution in [-0.4, -0.2) is 25.4 Å². The van der Waals surface area contributed by atoms with Crippen LogP contribution in [0.3, 0.4) is 0 Å². The van der Waals surface area contributed by atoms with Crippen molar-refractivity contribution in [3.63, 3.8) is 0 Å². The molecule has 0 spiro atoms. The van der Waals surface area contributed by atoms with Gasteiger partial charge < -0.3 is 16.8 Å². The number of aryl methyl sites for hydroxylation is 1. The molecule has 0 saturated heterocycles. The number of anilines is 1. The number of carbonyl (C=O) groups excluding carboxylic acids is 1. The Kier molecular flexibility index (Phi) is 6.85. The zero-order valence-electron chi connectivity index (χ0n) is 14.9. The fourth-order valence-electron chi connectivity index (χ4n) is 2.07. The monoisotopic (exact) mass is 417 g/mol. The standard InChI is InChI=1S/C18H19N5O3S2/c1-12-2-4-13(5-3-12)6-11-16(24)22-18(27)21-14-7-9-15(10-8-14)28(25,26)23-17(19)20/h2-11H,1H3,(H4,19,20,23)(H2,21,22,24,27). The second-order valence-corrected chi connectivity index (χ2v) is 7.72. The molecule has 146 valence electrons. The van der Waals surface area contributed by atoms with E-state index < -0.39 is 21.9 Å². The van der Waals surface area contributed by atoms with Crippen LogP contribution in [0.15, 0.2) is 63.9 Å². The Hall–Kier alpha value is -3.24. The SMILES string of the molecule is Cc1ccc(C=CC(=O)NC(=S)Nc2ccc(S(=O)(=O)N=C(N)N)cc2)cc1. The van der Waals surface area contributed by atoms with Crippen LogP contribution >= 0.6 is 12.2 Å². The van der Waals surface area contributed by atoms with Gasteiger partial charge in [-0.3, -0.25) is 10.1 Å². The number of guanidine groups is 1. The molecule has 8 nitrogen and oxygen atoms in total. The van der Waals surface area contributed by atoms with Crippen molar-refractivity contribution in [2.45, 2.75) is 11.8 Å². The third kappa shape index (κ3) is 6.49. The maximum absolute atomic E-state index is 11.9. The fourth-order valence-corrected chi connectivity index (χ4v) is 3.15. The van der Waals surface area contributed by atoms with E-state index in [4.69, 9.17) is 23.7 Å².